The average molecular weight is 325 g/mol. The van der Waals surface area contributed by atoms with Crippen LogP contribution in [0.3, 0.4) is 0 Å². The number of rotatable bonds is 5. The lowest BCUT2D eigenvalue weighted by Gasteiger charge is -2.06. The Balaban J connectivity index is 1.70. The summed E-state index contributed by atoms with van der Waals surface area (Å²) in [5.41, 5.74) is 1.63. The molecule has 0 fully saturated rings. The van der Waals surface area contributed by atoms with Crippen LogP contribution in [0.1, 0.15) is 20.9 Å². The van der Waals surface area contributed by atoms with Gasteiger partial charge in [-0.2, -0.15) is 0 Å². The molecule has 1 amide bonds. The summed E-state index contributed by atoms with van der Waals surface area (Å²) in [6.07, 6.45) is 0.697. The molecule has 0 aliphatic carbocycles. The molecule has 6 heteroatoms. The largest absolute Gasteiger partial charge is 0.496 e. The third-order valence-corrected chi connectivity index (χ3v) is 4.08. The SMILES string of the molecule is COc1ccccc1C(=O)Nc1nnc(Cc2ccccc2)s1. The number of nitrogens with zero attached hydrogens (tertiary/aromatic N) is 2. The quantitative estimate of drug-likeness (QED) is 0.781. The van der Waals surface area contributed by atoms with E-state index >= 15 is 0 Å². The van der Waals surface area contributed by atoms with Crippen molar-refractivity contribution in [3.8, 4) is 5.75 Å². The molecule has 0 unspecified atom stereocenters. The van der Waals surface area contributed by atoms with Gasteiger partial charge in [0.15, 0.2) is 0 Å². The Kier molecular flexibility index (Phi) is 4.63. The van der Waals surface area contributed by atoms with Crippen molar-refractivity contribution in [2.75, 3.05) is 12.4 Å². The monoisotopic (exact) mass is 325 g/mol. The molecule has 3 aromatic rings. The molecule has 3 rings (SSSR count). The second kappa shape index (κ2) is 7.02. The lowest BCUT2D eigenvalue weighted by atomic mass is 10.2. The molecular formula is C17H15N3O2S. The predicted molar refractivity (Wildman–Crippen MR) is 90.1 cm³/mol. The average Bonchev–Trinajstić information content (AvgIpc) is 3.02. The highest BCUT2D eigenvalue weighted by molar-refractivity contribution is 7.15. The van der Waals surface area contributed by atoms with Crippen molar-refractivity contribution in [3.63, 3.8) is 0 Å². The Morgan fingerprint density at radius 1 is 1.09 bits per heavy atom. The molecule has 0 saturated carbocycles. The third kappa shape index (κ3) is 3.73. The highest BCUT2D eigenvalue weighted by Gasteiger charge is 2.14. The Labute approximate surface area is 138 Å². The number of ether oxygens (including phenoxy) is 1. The lowest BCUT2D eigenvalue weighted by Crippen LogP contribution is -2.12. The topological polar surface area (TPSA) is 64.1 Å². The predicted octanol–water partition coefficient (Wildman–Crippen LogP) is 3.39. The number of amides is 1. The number of hydrogen-bond acceptors (Lipinski definition) is 5. The first kappa shape index (κ1) is 15.2. The van der Waals surface area contributed by atoms with Gasteiger partial charge in [0.05, 0.1) is 12.7 Å². The van der Waals surface area contributed by atoms with Crippen molar-refractivity contribution in [2.24, 2.45) is 0 Å². The fraction of sp³-hybridized carbons (Fsp3) is 0.118. The Morgan fingerprint density at radius 3 is 2.61 bits per heavy atom. The van der Waals surface area contributed by atoms with Crippen LogP contribution in [0.5, 0.6) is 5.75 Å². The van der Waals surface area contributed by atoms with E-state index in [4.69, 9.17) is 4.74 Å². The molecule has 0 spiro atoms. The molecule has 2 aromatic carbocycles. The highest BCUT2D eigenvalue weighted by atomic mass is 32.1. The van der Waals surface area contributed by atoms with Crippen LogP contribution < -0.4 is 10.1 Å². The van der Waals surface area contributed by atoms with E-state index in [0.717, 1.165) is 10.6 Å². The summed E-state index contributed by atoms with van der Waals surface area (Å²) in [5.74, 6) is 0.267. The van der Waals surface area contributed by atoms with Gasteiger partial charge < -0.3 is 4.74 Å². The molecule has 0 radical (unpaired) electrons. The molecule has 0 bridgehead atoms. The maximum Gasteiger partial charge on any atom is 0.261 e. The lowest BCUT2D eigenvalue weighted by molar-refractivity contribution is 0.102. The molecule has 23 heavy (non-hydrogen) atoms. The van der Waals surface area contributed by atoms with Crippen molar-refractivity contribution in [3.05, 3.63) is 70.7 Å². The summed E-state index contributed by atoms with van der Waals surface area (Å²) in [6, 6.07) is 17.1. The molecular weight excluding hydrogens is 310 g/mol. The van der Waals surface area contributed by atoms with E-state index in [1.807, 2.05) is 36.4 Å². The van der Waals surface area contributed by atoms with Gasteiger partial charge in [-0.3, -0.25) is 10.1 Å². The molecule has 5 nitrogen and oxygen atoms in total. The van der Waals surface area contributed by atoms with Crippen LogP contribution in [0.4, 0.5) is 5.13 Å². The summed E-state index contributed by atoms with van der Waals surface area (Å²) < 4.78 is 5.19. The standard InChI is InChI=1S/C17H15N3O2S/c1-22-14-10-6-5-9-13(14)16(21)18-17-20-19-15(23-17)11-12-7-3-2-4-8-12/h2-10H,11H2,1H3,(H,18,20,21). The summed E-state index contributed by atoms with van der Waals surface area (Å²) in [4.78, 5) is 12.3. The van der Waals surface area contributed by atoms with Crippen LogP contribution in [0.25, 0.3) is 0 Å². The Morgan fingerprint density at radius 2 is 1.83 bits per heavy atom. The van der Waals surface area contributed by atoms with Gasteiger partial charge in [0.25, 0.3) is 5.91 Å². The van der Waals surface area contributed by atoms with Gasteiger partial charge in [0.1, 0.15) is 10.8 Å². The smallest absolute Gasteiger partial charge is 0.261 e. The molecule has 116 valence electrons. The number of carbonyl (C=O) groups is 1. The highest BCUT2D eigenvalue weighted by Crippen LogP contribution is 2.22. The molecule has 1 heterocycles. The molecule has 1 aromatic heterocycles. The van der Waals surface area contributed by atoms with Gasteiger partial charge in [-0.25, -0.2) is 0 Å². The van der Waals surface area contributed by atoms with Crippen LogP contribution >= 0.6 is 11.3 Å². The van der Waals surface area contributed by atoms with Crippen LogP contribution in [-0.4, -0.2) is 23.2 Å². The number of hydrogen-bond donors (Lipinski definition) is 1. The number of carbonyl (C=O) groups excluding carboxylic acids is 1. The Hall–Kier alpha value is -2.73. The van der Waals surface area contributed by atoms with Crippen LogP contribution in [0, 0.1) is 0 Å². The van der Waals surface area contributed by atoms with Crippen molar-refractivity contribution in [1.82, 2.24) is 10.2 Å². The van der Waals surface area contributed by atoms with Crippen molar-refractivity contribution >= 4 is 22.4 Å². The van der Waals surface area contributed by atoms with Crippen molar-refractivity contribution in [2.45, 2.75) is 6.42 Å². The zero-order valence-electron chi connectivity index (χ0n) is 12.5. The molecule has 0 saturated heterocycles. The number of anilines is 1. The Bertz CT molecular complexity index is 802. The van der Waals surface area contributed by atoms with Gasteiger partial charge in [-0.1, -0.05) is 53.8 Å². The first-order chi connectivity index (χ1) is 11.3. The van der Waals surface area contributed by atoms with E-state index in [1.165, 1.54) is 18.4 Å². The zero-order valence-corrected chi connectivity index (χ0v) is 13.3. The van der Waals surface area contributed by atoms with Crippen LogP contribution in [0.2, 0.25) is 0 Å². The van der Waals surface area contributed by atoms with Gasteiger partial charge in [-0.05, 0) is 17.7 Å². The third-order valence-electron chi connectivity index (χ3n) is 3.24. The summed E-state index contributed by atoms with van der Waals surface area (Å²) in [5, 5.41) is 12.2. The first-order valence-electron chi connectivity index (χ1n) is 7.07. The van der Waals surface area contributed by atoms with E-state index in [0.29, 0.717) is 22.9 Å². The van der Waals surface area contributed by atoms with E-state index in [1.54, 1.807) is 18.2 Å². The first-order valence-corrected chi connectivity index (χ1v) is 7.88. The van der Waals surface area contributed by atoms with Crippen molar-refractivity contribution in [1.29, 1.82) is 0 Å². The van der Waals surface area contributed by atoms with E-state index < -0.39 is 0 Å². The number of para-hydroxylation sites is 1. The maximum atomic E-state index is 12.3. The van der Waals surface area contributed by atoms with E-state index in [9.17, 15) is 4.79 Å². The molecule has 1 N–H and O–H groups in total. The minimum Gasteiger partial charge on any atom is -0.496 e. The number of aromatic nitrogens is 2. The maximum absolute atomic E-state index is 12.3. The number of nitrogens with one attached hydrogen (secondary N) is 1. The van der Waals surface area contributed by atoms with E-state index in [-0.39, 0.29) is 5.91 Å². The normalized spacial score (nSPS) is 10.3. The fourth-order valence-corrected chi connectivity index (χ4v) is 2.91. The van der Waals surface area contributed by atoms with Gasteiger partial charge >= 0.3 is 0 Å². The van der Waals surface area contributed by atoms with Gasteiger partial charge in [-0.15, -0.1) is 10.2 Å². The minimum absolute atomic E-state index is 0.259. The molecule has 0 atom stereocenters. The minimum atomic E-state index is -0.259. The van der Waals surface area contributed by atoms with Gasteiger partial charge in [0, 0.05) is 6.42 Å². The van der Waals surface area contributed by atoms with Gasteiger partial charge in [0.2, 0.25) is 5.13 Å². The van der Waals surface area contributed by atoms with Crippen molar-refractivity contribution < 1.29 is 9.53 Å². The second-order valence-corrected chi connectivity index (χ2v) is 5.88. The summed E-state index contributed by atoms with van der Waals surface area (Å²) in [6.45, 7) is 0. The molecule has 0 aliphatic rings. The molecule has 0 aliphatic heterocycles. The summed E-state index contributed by atoms with van der Waals surface area (Å²) >= 11 is 1.37. The van der Waals surface area contributed by atoms with E-state index in [2.05, 4.69) is 15.5 Å². The number of methoxy groups -OCH3 is 1. The number of benzene rings is 2. The summed E-state index contributed by atoms with van der Waals surface area (Å²) in [7, 11) is 1.54. The van der Waals surface area contributed by atoms with Crippen LogP contribution in [-0.2, 0) is 6.42 Å². The fourth-order valence-electron chi connectivity index (χ4n) is 2.14. The van der Waals surface area contributed by atoms with Crippen LogP contribution in [0.15, 0.2) is 54.6 Å². The second-order valence-electron chi connectivity index (χ2n) is 4.82. The zero-order chi connectivity index (χ0) is 16.1.